The zero-order valence-corrected chi connectivity index (χ0v) is 11.2. The number of nitrogens with one attached hydrogen (secondary N) is 2. The van der Waals surface area contributed by atoms with Crippen molar-refractivity contribution < 1.29 is 13.2 Å². The molecular formula is C11H17N3O3S. The largest absolute Gasteiger partial charge is 0.398 e. The van der Waals surface area contributed by atoms with Gasteiger partial charge in [0.15, 0.2) is 0 Å². The molecule has 0 heterocycles. The lowest BCUT2D eigenvalue weighted by Crippen LogP contribution is -2.34. The third kappa shape index (κ3) is 4.72. The van der Waals surface area contributed by atoms with Gasteiger partial charge in [0.25, 0.3) is 5.91 Å². The number of hydrogen-bond acceptors (Lipinski definition) is 4. The van der Waals surface area contributed by atoms with Crippen LogP contribution in [-0.2, 0) is 10.0 Å². The average Bonchev–Trinajstić information content (AvgIpc) is 2.26. The molecule has 0 saturated carbocycles. The van der Waals surface area contributed by atoms with Gasteiger partial charge in [-0.15, -0.1) is 0 Å². The van der Waals surface area contributed by atoms with E-state index in [1.54, 1.807) is 12.1 Å². The van der Waals surface area contributed by atoms with Crippen LogP contribution in [0.5, 0.6) is 0 Å². The van der Waals surface area contributed by atoms with Crippen LogP contribution in [0.3, 0.4) is 0 Å². The van der Waals surface area contributed by atoms with Crippen molar-refractivity contribution in [3.05, 3.63) is 29.3 Å². The molecule has 1 aromatic carbocycles. The van der Waals surface area contributed by atoms with Crippen molar-refractivity contribution in [1.82, 2.24) is 10.0 Å². The minimum Gasteiger partial charge on any atom is -0.398 e. The SMILES string of the molecule is Cc1ccc(N)c(C(=O)NCCNS(C)(=O)=O)c1. The maximum Gasteiger partial charge on any atom is 0.253 e. The van der Waals surface area contributed by atoms with E-state index in [2.05, 4.69) is 10.0 Å². The standard InChI is InChI=1S/C11H17N3O3S/c1-8-3-4-10(12)9(7-8)11(15)13-5-6-14-18(2,16)17/h3-4,7,14H,5-6,12H2,1-2H3,(H,13,15). The number of benzene rings is 1. The average molecular weight is 271 g/mol. The van der Waals surface area contributed by atoms with E-state index in [0.29, 0.717) is 11.3 Å². The molecule has 0 aliphatic heterocycles. The Bertz CT molecular complexity index is 540. The molecule has 1 rings (SSSR count). The van der Waals surface area contributed by atoms with Gasteiger partial charge < -0.3 is 11.1 Å². The first-order valence-corrected chi connectivity index (χ1v) is 7.28. The Hall–Kier alpha value is -1.60. The summed E-state index contributed by atoms with van der Waals surface area (Å²) < 4.78 is 23.9. The van der Waals surface area contributed by atoms with Gasteiger partial charge in [-0.1, -0.05) is 11.6 Å². The zero-order chi connectivity index (χ0) is 13.8. The van der Waals surface area contributed by atoms with Gasteiger partial charge in [-0.3, -0.25) is 4.79 Å². The Balaban J connectivity index is 2.53. The summed E-state index contributed by atoms with van der Waals surface area (Å²) >= 11 is 0. The smallest absolute Gasteiger partial charge is 0.253 e. The molecule has 1 aromatic rings. The number of hydrogen-bond donors (Lipinski definition) is 3. The Labute approximate surface area is 107 Å². The van der Waals surface area contributed by atoms with E-state index in [9.17, 15) is 13.2 Å². The van der Waals surface area contributed by atoms with Crippen molar-refractivity contribution in [2.24, 2.45) is 0 Å². The predicted molar refractivity (Wildman–Crippen MR) is 70.8 cm³/mol. The van der Waals surface area contributed by atoms with Crippen molar-refractivity contribution in [3.63, 3.8) is 0 Å². The number of aryl methyl sites for hydroxylation is 1. The Kier molecular flexibility index (Phi) is 4.69. The summed E-state index contributed by atoms with van der Waals surface area (Å²) in [7, 11) is -3.23. The molecule has 0 aliphatic carbocycles. The fraction of sp³-hybridized carbons (Fsp3) is 0.364. The van der Waals surface area contributed by atoms with Gasteiger partial charge in [0.1, 0.15) is 0 Å². The van der Waals surface area contributed by atoms with Gasteiger partial charge in [0.2, 0.25) is 10.0 Å². The summed E-state index contributed by atoms with van der Waals surface area (Å²) in [5.74, 6) is -0.313. The van der Waals surface area contributed by atoms with Crippen LogP contribution in [0.4, 0.5) is 5.69 Å². The Morgan fingerprint density at radius 2 is 2.00 bits per heavy atom. The molecule has 0 unspecified atom stereocenters. The monoisotopic (exact) mass is 271 g/mol. The molecule has 0 aromatic heterocycles. The zero-order valence-electron chi connectivity index (χ0n) is 10.4. The van der Waals surface area contributed by atoms with Crippen LogP contribution in [0.15, 0.2) is 18.2 Å². The second kappa shape index (κ2) is 5.83. The lowest BCUT2D eigenvalue weighted by atomic mass is 10.1. The van der Waals surface area contributed by atoms with Crippen LogP contribution in [-0.4, -0.2) is 33.7 Å². The predicted octanol–water partition coefficient (Wildman–Crippen LogP) is -0.144. The summed E-state index contributed by atoms with van der Waals surface area (Å²) in [6.45, 7) is 2.22. The highest BCUT2D eigenvalue weighted by Crippen LogP contribution is 2.13. The van der Waals surface area contributed by atoms with Gasteiger partial charge >= 0.3 is 0 Å². The number of carbonyl (C=O) groups excluding carboxylic acids is 1. The van der Waals surface area contributed by atoms with E-state index in [-0.39, 0.29) is 19.0 Å². The lowest BCUT2D eigenvalue weighted by Gasteiger charge is -2.08. The van der Waals surface area contributed by atoms with Crippen molar-refractivity contribution >= 4 is 21.6 Å². The van der Waals surface area contributed by atoms with Crippen molar-refractivity contribution in [2.75, 3.05) is 25.1 Å². The molecule has 0 atom stereocenters. The van der Waals surface area contributed by atoms with Gasteiger partial charge in [0.05, 0.1) is 11.8 Å². The van der Waals surface area contributed by atoms with Crippen molar-refractivity contribution in [3.8, 4) is 0 Å². The molecule has 0 fully saturated rings. The fourth-order valence-electron chi connectivity index (χ4n) is 1.37. The van der Waals surface area contributed by atoms with Crippen LogP contribution < -0.4 is 15.8 Å². The second-order valence-electron chi connectivity index (χ2n) is 4.01. The van der Waals surface area contributed by atoms with Crippen LogP contribution in [0.25, 0.3) is 0 Å². The van der Waals surface area contributed by atoms with Crippen LogP contribution in [0, 0.1) is 6.92 Å². The number of sulfonamides is 1. The van der Waals surface area contributed by atoms with Gasteiger partial charge in [0, 0.05) is 18.8 Å². The molecular weight excluding hydrogens is 254 g/mol. The number of rotatable bonds is 5. The Morgan fingerprint density at radius 1 is 1.33 bits per heavy atom. The van der Waals surface area contributed by atoms with Crippen molar-refractivity contribution in [1.29, 1.82) is 0 Å². The highest BCUT2D eigenvalue weighted by atomic mass is 32.2. The number of nitrogen functional groups attached to an aromatic ring is 1. The quantitative estimate of drug-likeness (QED) is 0.512. The van der Waals surface area contributed by atoms with Gasteiger partial charge in [-0.05, 0) is 19.1 Å². The molecule has 18 heavy (non-hydrogen) atoms. The molecule has 4 N–H and O–H groups in total. The third-order valence-corrected chi connectivity index (χ3v) is 2.96. The van der Waals surface area contributed by atoms with Crippen LogP contribution in [0.1, 0.15) is 15.9 Å². The van der Waals surface area contributed by atoms with Gasteiger partial charge in [-0.25, -0.2) is 13.1 Å². The van der Waals surface area contributed by atoms with E-state index in [1.807, 2.05) is 13.0 Å². The first-order valence-electron chi connectivity index (χ1n) is 5.38. The lowest BCUT2D eigenvalue weighted by molar-refractivity contribution is 0.0955. The van der Waals surface area contributed by atoms with E-state index in [1.165, 1.54) is 0 Å². The number of amides is 1. The third-order valence-electron chi connectivity index (χ3n) is 2.23. The molecule has 1 amide bonds. The maximum absolute atomic E-state index is 11.8. The van der Waals surface area contributed by atoms with Crippen molar-refractivity contribution in [2.45, 2.75) is 6.92 Å². The highest BCUT2D eigenvalue weighted by molar-refractivity contribution is 7.88. The molecule has 100 valence electrons. The van der Waals surface area contributed by atoms with E-state index in [0.717, 1.165) is 11.8 Å². The van der Waals surface area contributed by atoms with E-state index in [4.69, 9.17) is 5.73 Å². The first-order chi connectivity index (χ1) is 8.29. The van der Waals surface area contributed by atoms with Crippen LogP contribution >= 0.6 is 0 Å². The fourth-order valence-corrected chi connectivity index (χ4v) is 1.85. The minimum absolute atomic E-state index is 0.149. The second-order valence-corrected chi connectivity index (χ2v) is 5.85. The molecule has 0 bridgehead atoms. The van der Waals surface area contributed by atoms with Gasteiger partial charge in [-0.2, -0.15) is 0 Å². The topological polar surface area (TPSA) is 101 Å². The number of carbonyl (C=O) groups is 1. The van der Waals surface area contributed by atoms with Crippen LogP contribution in [0.2, 0.25) is 0 Å². The number of anilines is 1. The molecule has 7 heteroatoms. The highest BCUT2D eigenvalue weighted by Gasteiger charge is 2.09. The normalized spacial score (nSPS) is 11.2. The molecule has 0 aliphatic rings. The maximum atomic E-state index is 11.8. The Morgan fingerprint density at radius 3 is 2.61 bits per heavy atom. The minimum atomic E-state index is -3.23. The molecule has 6 nitrogen and oxygen atoms in total. The number of nitrogens with two attached hydrogens (primary N) is 1. The molecule has 0 radical (unpaired) electrons. The summed E-state index contributed by atoms with van der Waals surface area (Å²) in [4.78, 5) is 11.8. The molecule has 0 saturated heterocycles. The van der Waals surface area contributed by atoms with E-state index >= 15 is 0 Å². The first kappa shape index (κ1) is 14.5. The summed E-state index contributed by atoms with van der Waals surface area (Å²) in [5, 5.41) is 2.59. The summed E-state index contributed by atoms with van der Waals surface area (Å²) in [5.41, 5.74) is 7.42. The molecule has 0 spiro atoms. The van der Waals surface area contributed by atoms with E-state index < -0.39 is 10.0 Å². The summed E-state index contributed by atoms with van der Waals surface area (Å²) in [6, 6.07) is 5.17. The summed E-state index contributed by atoms with van der Waals surface area (Å²) in [6.07, 6.45) is 1.06.